The van der Waals surface area contributed by atoms with Gasteiger partial charge in [-0.15, -0.1) is 0 Å². The maximum absolute atomic E-state index is 11.1. The first-order valence-electron chi connectivity index (χ1n) is 6.11. The van der Waals surface area contributed by atoms with E-state index in [2.05, 4.69) is 11.9 Å². The lowest BCUT2D eigenvalue weighted by Crippen LogP contribution is -2.33. The molecule has 0 radical (unpaired) electrons. The Hall–Kier alpha value is -2.18. The van der Waals surface area contributed by atoms with E-state index in [-0.39, 0.29) is 5.56 Å². The van der Waals surface area contributed by atoms with Crippen LogP contribution in [0.3, 0.4) is 0 Å². The summed E-state index contributed by atoms with van der Waals surface area (Å²) in [6.45, 7) is 3.76. The van der Waals surface area contributed by atoms with Gasteiger partial charge in [0.05, 0.1) is 4.92 Å². The number of hydrogen-bond donors (Lipinski definition) is 1. The van der Waals surface area contributed by atoms with E-state index in [0.29, 0.717) is 11.7 Å². The van der Waals surface area contributed by atoms with Gasteiger partial charge in [0.15, 0.2) is 0 Å². The zero-order valence-electron chi connectivity index (χ0n) is 10.6. The third-order valence-corrected chi connectivity index (χ3v) is 3.40. The zero-order chi connectivity index (χ0) is 14.0. The highest BCUT2D eigenvalue weighted by Gasteiger charge is 2.24. The first kappa shape index (κ1) is 13.3. The highest BCUT2D eigenvalue weighted by molar-refractivity contribution is 5.93. The van der Waals surface area contributed by atoms with E-state index >= 15 is 0 Å². The summed E-state index contributed by atoms with van der Waals surface area (Å²) in [5.41, 5.74) is -0.782. The molecule has 1 aromatic heterocycles. The minimum Gasteiger partial charge on any atom is -0.477 e. The Morgan fingerprint density at radius 3 is 2.68 bits per heavy atom. The van der Waals surface area contributed by atoms with Crippen LogP contribution in [0.5, 0.6) is 0 Å². The molecule has 2 heterocycles. The first-order chi connectivity index (χ1) is 8.99. The molecule has 0 spiro atoms. The second-order valence-corrected chi connectivity index (χ2v) is 4.79. The van der Waals surface area contributed by atoms with Crippen molar-refractivity contribution in [1.82, 2.24) is 4.98 Å². The fraction of sp³-hybridized carbons (Fsp3) is 0.500. The van der Waals surface area contributed by atoms with Crippen LogP contribution >= 0.6 is 0 Å². The van der Waals surface area contributed by atoms with Gasteiger partial charge in [-0.25, -0.2) is 9.78 Å². The Balaban J connectivity index is 2.30. The molecule has 1 fully saturated rings. The Bertz CT molecular complexity index is 510. The number of carboxylic acid groups (broad SMARTS) is 1. The standard InChI is InChI=1S/C12H15N3O4/c1-8-2-4-14(5-3-8)11-6-9(12(16)17)10(7-13-11)15(18)19/h6-8H,2-5H2,1H3,(H,16,17). The molecule has 0 aromatic carbocycles. The fourth-order valence-electron chi connectivity index (χ4n) is 2.16. The molecule has 7 nitrogen and oxygen atoms in total. The van der Waals surface area contributed by atoms with Gasteiger partial charge in [0, 0.05) is 19.2 Å². The van der Waals surface area contributed by atoms with Crippen LogP contribution in [0, 0.1) is 16.0 Å². The monoisotopic (exact) mass is 265 g/mol. The van der Waals surface area contributed by atoms with Crippen LogP contribution in [0.1, 0.15) is 30.1 Å². The number of pyridine rings is 1. The van der Waals surface area contributed by atoms with Crippen LogP contribution < -0.4 is 4.90 Å². The van der Waals surface area contributed by atoms with Crippen molar-refractivity contribution in [2.24, 2.45) is 5.92 Å². The van der Waals surface area contributed by atoms with Gasteiger partial charge in [0.1, 0.15) is 17.6 Å². The number of aromatic nitrogens is 1. The summed E-state index contributed by atoms with van der Waals surface area (Å²) in [6.07, 6.45) is 3.05. The van der Waals surface area contributed by atoms with Crippen LogP contribution in [0.2, 0.25) is 0 Å². The molecule has 19 heavy (non-hydrogen) atoms. The molecule has 0 amide bonds. The lowest BCUT2D eigenvalue weighted by Gasteiger charge is -2.31. The van der Waals surface area contributed by atoms with Gasteiger partial charge < -0.3 is 10.0 Å². The molecular formula is C12H15N3O4. The Labute approximate surface area is 110 Å². The number of anilines is 1. The Morgan fingerprint density at radius 2 is 2.16 bits per heavy atom. The van der Waals surface area contributed by atoms with E-state index in [9.17, 15) is 14.9 Å². The quantitative estimate of drug-likeness (QED) is 0.662. The van der Waals surface area contributed by atoms with Gasteiger partial charge >= 0.3 is 11.7 Å². The third kappa shape index (κ3) is 2.81. The molecule has 0 saturated carbocycles. The van der Waals surface area contributed by atoms with Gasteiger partial charge in [0.25, 0.3) is 0 Å². The molecule has 102 valence electrons. The number of piperidine rings is 1. The topological polar surface area (TPSA) is 96.6 Å². The lowest BCUT2D eigenvalue weighted by atomic mass is 9.99. The number of aromatic carboxylic acids is 1. The summed E-state index contributed by atoms with van der Waals surface area (Å²) in [5.74, 6) is -0.163. The van der Waals surface area contributed by atoms with Crippen molar-refractivity contribution < 1.29 is 14.8 Å². The van der Waals surface area contributed by atoms with Crippen molar-refractivity contribution in [3.63, 3.8) is 0 Å². The van der Waals surface area contributed by atoms with Crippen molar-refractivity contribution in [3.05, 3.63) is 27.9 Å². The molecule has 1 N–H and O–H groups in total. The highest BCUT2D eigenvalue weighted by Crippen LogP contribution is 2.25. The maximum atomic E-state index is 11.1. The van der Waals surface area contributed by atoms with Crippen LogP contribution in [0.4, 0.5) is 11.5 Å². The second-order valence-electron chi connectivity index (χ2n) is 4.79. The fourth-order valence-corrected chi connectivity index (χ4v) is 2.16. The number of carbonyl (C=O) groups is 1. The summed E-state index contributed by atoms with van der Waals surface area (Å²) >= 11 is 0. The molecule has 7 heteroatoms. The van der Waals surface area contributed by atoms with E-state index in [0.717, 1.165) is 32.1 Å². The summed E-state index contributed by atoms with van der Waals surface area (Å²) in [6, 6.07) is 1.29. The van der Waals surface area contributed by atoms with Crippen molar-refractivity contribution in [3.8, 4) is 0 Å². The number of nitro groups is 1. The van der Waals surface area contributed by atoms with E-state index in [1.165, 1.54) is 6.07 Å². The molecule has 0 bridgehead atoms. The smallest absolute Gasteiger partial charge is 0.342 e. The van der Waals surface area contributed by atoms with Crippen LogP contribution in [-0.4, -0.2) is 34.1 Å². The molecule has 0 atom stereocenters. The summed E-state index contributed by atoms with van der Waals surface area (Å²) in [4.78, 5) is 27.1. The minimum absolute atomic E-state index is 0.311. The normalized spacial score (nSPS) is 16.4. The van der Waals surface area contributed by atoms with Crippen LogP contribution in [-0.2, 0) is 0 Å². The molecule has 0 aliphatic carbocycles. The van der Waals surface area contributed by atoms with Gasteiger partial charge in [-0.1, -0.05) is 6.92 Å². The molecule has 1 aliphatic rings. The maximum Gasteiger partial charge on any atom is 0.342 e. The van der Waals surface area contributed by atoms with Gasteiger partial charge in [0.2, 0.25) is 0 Å². The number of hydrogen-bond acceptors (Lipinski definition) is 5. The predicted molar refractivity (Wildman–Crippen MR) is 68.5 cm³/mol. The van der Waals surface area contributed by atoms with Gasteiger partial charge in [-0.3, -0.25) is 10.1 Å². The summed E-state index contributed by atoms with van der Waals surface area (Å²) < 4.78 is 0. The Morgan fingerprint density at radius 1 is 1.53 bits per heavy atom. The molecular weight excluding hydrogens is 250 g/mol. The minimum atomic E-state index is -1.30. The molecule has 0 unspecified atom stereocenters. The molecule has 2 rings (SSSR count). The Kier molecular flexibility index (Phi) is 3.64. The predicted octanol–water partition coefficient (Wildman–Crippen LogP) is 1.92. The average Bonchev–Trinajstić information content (AvgIpc) is 2.38. The molecule has 1 saturated heterocycles. The summed E-state index contributed by atoms with van der Waals surface area (Å²) in [7, 11) is 0. The van der Waals surface area contributed by atoms with Crippen LogP contribution in [0.25, 0.3) is 0 Å². The van der Waals surface area contributed by atoms with E-state index in [1.807, 2.05) is 4.90 Å². The molecule has 1 aromatic rings. The van der Waals surface area contributed by atoms with E-state index in [4.69, 9.17) is 5.11 Å². The van der Waals surface area contributed by atoms with Crippen molar-refractivity contribution in [2.75, 3.05) is 18.0 Å². The van der Waals surface area contributed by atoms with Crippen molar-refractivity contribution >= 4 is 17.5 Å². The number of nitrogens with zero attached hydrogens (tertiary/aromatic N) is 3. The van der Waals surface area contributed by atoms with Crippen molar-refractivity contribution in [1.29, 1.82) is 0 Å². The second kappa shape index (κ2) is 5.21. The van der Waals surface area contributed by atoms with Crippen LogP contribution in [0.15, 0.2) is 12.3 Å². The largest absolute Gasteiger partial charge is 0.477 e. The highest BCUT2D eigenvalue weighted by atomic mass is 16.6. The number of rotatable bonds is 3. The zero-order valence-corrected chi connectivity index (χ0v) is 10.6. The third-order valence-electron chi connectivity index (χ3n) is 3.40. The average molecular weight is 265 g/mol. The van der Waals surface area contributed by atoms with E-state index in [1.54, 1.807) is 0 Å². The van der Waals surface area contributed by atoms with Gasteiger partial charge in [-0.2, -0.15) is 0 Å². The van der Waals surface area contributed by atoms with E-state index < -0.39 is 16.6 Å². The lowest BCUT2D eigenvalue weighted by molar-refractivity contribution is -0.385. The molecule has 1 aliphatic heterocycles. The number of carboxylic acids is 1. The SMILES string of the molecule is CC1CCN(c2cc(C(=O)O)c([N+](=O)[O-])cn2)CC1. The van der Waals surface area contributed by atoms with Crippen molar-refractivity contribution in [2.45, 2.75) is 19.8 Å². The summed E-state index contributed by atoms with van der Waals surface area (Å²) in [5, 5.41) is 19.8. The van der Waals surface area contributed by atoms with Gasteiger partial charge in [-0.05, 0) is 18.8 Å². The first-order valence-corrected chi connectivity index (χ1v) is 6.11.